The number of benzene rings is 2. The summed E-state index contributed by atoms with van der Waals surface area (Å²) >= 11 is 0. The van der Waals surface area contributed by atoms with Gasteiger partial charge < -0.3 is 13.9 Å². The van der Waals surface area contributed by atoms with E-state index in [1.54, 1.807) is 18.2 Å². The second-order valence-electron chi connectivity index (χ2n) is 8.64. The van der Waals surface area contributed by atoms with E-state index in [0.717, 1.165) is 42.7 Å². The molecule has 0 fully saturated rings. The highest BCUT2D eigenvalue weighted by Gasteiger charge is 2.22. The summed E-state index contributed by atoms with van der Waals surface area (Å²) in [6.45, 7) is 5.56. The van der Waals surface area contributed by atoms with Crippen LogP contribution in [-0.4, -0.2) is 35.4 Å². The van der Waals surface area contributed by atoms with Crippen molar-refractivity contribution in [2.24, 2.45) is 0 Å². The van der Waals surface area contributed by atoms with E-state index in [-0.39, 0.29) is 18.2 Å². The molecule has 0 bridgehead atoms. The van der Waals surface area contributed by atoms with Crippen LogP contribution >= 0.6 is 12.4 Å². The molecule has 0 amide bonds. The van der Waals surface area contributed by atoms with Gasteiger partial charge in [-0.1, -0.05) is 24.3 Å². The second kappa shape index (κ2) is 9.12. The van der Waals surface area contributed by atoms with Crippen molar-refractivity contribution in [2.75, 3.05) is 19.8 Å². The van der Waals surface area contributed by atoms with Crippen molar-refractivity contribution in [1.29, 1.82) is 0 Å². The van der Waals surface area contributed by atoms with Gasteiger partial charge in [-0.2, -0.15) is 0 Å². The molecule has 0 N–H and O–H groups in total. The predicted octanol–water partition coefficient (Wildman–Crippen LogP) is 5.12. The van der Waals surface area contributed by atoms with Crippen LogP contribution in [-0.2, 0) is 19.5 Å². The molecule has 0 radical (unpaired) electrons. The first kappa shape index (κ1) is 22.4. The molecule has 174 valence electrons. The molecule has 34 heavy (non-hydrogen) atoms. The summed E-state index contributed by atoms with van der Waals surface area (Å²) in [4.78, 5) is 20.2. The van der Waals surface area contributed by atoms with Crippen molar-refractivity contribution >= 4 is 29.2 Å². The van der Waals surface area contributed by atoms with Crippen LogP contribution in [0.2, 0.25) is 0 Å². The van der Waals surface area contributed by atoms with E-state index in [1.807, 2.05) is 19.2 Å². The van der Waals surface area contributed by atoms with Crippen molar-refractivity contribution < 1.29 is 18.7 Å². The maximum atomic E-state index is 13.2. The Kier molecular flexibility index (Phi) is 6.02. The Morgan fingerprint density at radius 3 is 2.68 bits per heavy atom. The van der Waals surface area contributed by atoms with Crippen molar-refractivity contribution in [1.82, 2.24) is 9.88 Å². The van der Waals surface area contributed by atoms with E-state index in [4.69, 9.17) is 13.9 Å². The standard InChI is InChI=1S/C27H24N2O4.ClH/c1-17-27-22(21(14-28-17)16-29-9-8-18-4-2-3-5-20(18)15-29)13-25(33-27)26(30)19-6-7-23-24(12-19)32-11-10-31-23;/h2-7,12-14H,8-11,15-16H2,1H3;1H. The third-order valence-corrected chi connectivity index (χ3v) is 6.45. The van der Waals surface area contributed by atoms with Gasteiger partial charge in [0.2, 0.25) is 5.78 Å². The van der Waals surface area contributed by atoms with Crippen LogP contribution in [0.5, 0.6) is 11.5 Å². The highest BCUT2D eigenvalue weighted by Crippen LogP contribution is 2.33. The average molecular weight is 477 g/mol. The highest BCUT2D eigenvalue weighted by molar-refractivity contribution is 6.09. The Morgan fingerprint density at radius 1 is 1.03 bits per heavy atom. The lowest BCUT2D eigenvalue weighted by Crippen LogP contribution is -2.30. The number of hydrogen-bond acceptors (Lipinski definition) is 6. The maximum absolute atomic E-state index is 13.2. The van der Waals surface area contributed by atoms with Gasteiger partial charge in [0.05, 0.1) is 5.69 Å². The third-order valence-electron chi connectivity index (χ3n) is 6.45. The van der Waals surface area contributed by atoms with Crippen LogP contribution in [0.4, 0.5) is 0 Å². The summed E-state index contributed by atoms with van der Waals surface area (Å²) in [6, 6.07) is 15.7. The van der Waals surface area contributed by atoms with Crippen molar-refractivity contribution in [2.45, 2.75) is 26.4 Å². The minimum absolute atomic E-state index is 0. The Morgan fingerprint density at radius 2 is 1.82 bits per heavy atom. The molecule has 0 aliphatic carbocycles. The molecule has 2 aliphatic heterocycles. The Balaban J connectivity index is 0.00000241. The van der Waals surface area contributed by atoms with Crippen molar-refractivity contribution in [3.63, 3.8) is 0 Å². The zero-order chi connectivity index (χ0) is 22.4. The summed E-state index contributed by atoms with van der Waals surface area (Å²) in [5.41, 5.74) is 5.83. The molecular weight excluding hydrogens is 452 g/mol. The number of ketones is 1. The summed E-state index contributed by atoms with van der Waals surface area (Å²) in [5.74, 6) is 1.38. The Bertz CT molecular complexity index is 1380. The van der Waals surface area contributed by atoms with Gasteiger partial charge in [-0.3, -0.25) is 14.7 Å². The highest BCUT2D eigenvalue weighted by atomic mass is 35.5. The number of nitrogens with zero attached hydrogens (tertiary/aromatic N) is 2. The number of halogens is 1. The number of carbonyl (C=O) groups excluding carboxylic acids is 1. The van der Waals surface area contributed by atoms with Gasteiger partial charge in [0.15, 0.2) is 22.8 Å². The van der Waals surface area contributed by atoms with Gasteiger partial charge in [0.25, 0.3) is 0 Å². The van der Waals surface area contributed by atoms with Gasteiger partial charge in [-0.25, -0.2) is 0 Å². The van der Waals surface area contributed by atoms with Crippen LogP contribution < -0.4 is 9.47 Å². The number of carbonyl (C=O) groups is 1. The molecule has 4 aromatic rings. The maximum Gasteiger partial charge on any atom is 0.228 e. The van der Waals surface area contributed by atoms with Crippen molar-refractivity contribution in [3.05, 3.63) is 88.4 Å². The molecule has 0 spiro atoms. The number of aromatic nitrogens is 1. The van der Waals surface area contributed by atoms with E-state index < -0.39 is 0 Å². The molecule has 4 heterocycles. The molecule has 2 aromatic heterocycles. The van der Waals surface area contributed by atoms with Crippen LogP contribution in [0.1, 0.15) is 38.5 Å². The lowest BCUT2D eigenvalue weighted by atomic mass is 9.99. The first-order chi connectivity index (χ1) is 16.2. The van der Waals surface area contributed by atoms with Gasteiger partial charge in [0.1, 0.15) is 13.2 Å². The average Bonchev–Trinajstić information content (AvgIpc) is 3.32. The monoisotopic (exact) mass is 476 g/mol. The minimum atomic E-state index is -0.180. The minimum Gasteiger partial charge on any atom is -0.486 e. The quantitative estimate of drug-likeness (QED) is 0.381. The van der Waals surface area contributed by atoms with Crippen LogP contribution in [0.3, 0.4) is 0 Å². The number of aryl methyl sites for hydroxylation is 1. The predicted molar refractivity (Wildman–Crippen MR) is 131 cm³/mol. The summed E-state index contributed by atoms with van der Waals surface area (Å²) in [5, 5.41) is 0.947. The van der Waals surface area contributed by atoms with Crippen LogP contribution in [0.25, 0.3) is 11.0 Å². The molecule has 0 saturated carbocycles. The van der Waals surface area contributed by atoms with E-state index in [0.29, 0.717) is 41.6 Å². The molecule has 2 aliphatic rings. The van der Waals surface area contributed by atoms with Gasteiger partial charge in [-0.15, -0.1) is 12.4 Å². The SMILES string of the molecule is Cc1ncc(CN2CCc3ccccc3C2)c2cc(C(=O)c3ccc4c(c3)OCCO4)oc12.Cl. The molecule has 2 aromatic carbocycles. The van der Waals surface area contributed by atoms with Gasteiger partial charge >= 0.3 is 0 Å². The molecule has 0 unspecified atom stereocenters. The zero-order valence-corrected chi connectivity index (χ0v) is 19.7. The van der Waals surface area contributed by atoms with Gasteiger partial charge in [0, 0.05) is 36.8 Å². The number of pyridine rings is 1. The van der Waals surface area contributed by atoms with Gasteiger partial charge in [-0.05, 0) is 54.3 Å². The lowest BCUT2D eigenvalue weighted by molar-refractivity contribution is 0.101. The second-order valence-corrected chi connectivity index (χ2v) is 8.64. The van der Waals surface area contributed by atoms with E-state index in [9.17, 15) is 4.79 Å². The van der Waals surface area contributed by atoms with Crippen LogP contribution in [0.15, 0.2) is 59.1 Å². The first-order valence-electron chi connectivity index (χ1n) is 11.3. The Labute approximate surface area is 203 Å². The number of fused-ring (bicyclic) bond motifs is 3. The topological polar surface area (TPSA) is 64.8 Å². The number of rotatable bonds is 4. The summed E-state index contributed by atoms with van der Waals surface area (Å²) < 4.78 is 17.2. The van der Waals surface area contributed by atoms with Crippen LogP contribution in [0, 0.1) is 6.92 Å². The fourth-order valence-corrected chi connectivity index (χ4v) is 4.70. The fraction of sp³-hybridized carbons (Fsp3) is 0.259. The number of furan rings is 1. The van der Waals surface area contributed by atoms with Crippen molar-refractivity contribution in [3.8, 4) is 11.5 Å². The number of hydrogen-bond donors (Lipinski definition) is 0. The molecule has 0 atom stereocenters. The molecule has 0 saturated heterocycles. The fourth-order valence-electron chi connectivity index (χ4n) is 4.70. The molecule has 6 nitrogen and oxygen atoms in total. The normalized spacial score (nSPS) is 15.0. The Hall–Kier alpha value is -3.35. The molecule has 6 rings (SSSR count). The molecule has 7 heteroatoms. The van der Waals surface area contributed by atoms with E-state index in [2.05, 4.69) is 34.1 Å². The van der Waals surface area contributed by atoms with E-state index >= 15 is 0 Å². The lowest BCUT2D eigenvalue weighted by Gasteiger charge is -2.28. The molecular formula is C27H25ClN2O4. The zero-order valence-electron chi connectivity index (χ0n) is 18.9. The van der Waals surface area contributed by atoms with E-state index in [1.165, 1.54) is 11.1 Å². The summed E-state index contributed by atoms with van der Waals surface area (Å²) in [7, 11) is 0. The largest absolute Gasteiger partial charge is 0.486 e. The first-order valence-corrected chi connectivity index (χ1v) is 11.3. The third kappa shape index (κ3) is 4.04. The number of ether oxygens (including phenoxy) is 2. The summed E-state index contributed by atoms with van der Waals surface area (Å²) in [6.07, 6.45) is 2.95. The smallest absolute Gasteiger partial charge is 0.228 e.